The zero-order valence-corrected chi connectivity index (χ0v) is 5.00. The van der Waals surface area contributed by atoms with Crippen molar-refractivity contribution in [3.63, 3.8) is 0 Å². The van der Waals surface area contributed by atoms with Crippen LogP contribution in [0.25, 0.3) is 0 Å². The Kier molecular flexibility index (Phi) is 2.49. The molecule has 0 saturated heterocycles. The molecule has 0 saturated carbocycles. The van der Waals surface area contributed by atoms with Crippen LogP contribution in [0.15, 0.2) is 24.3 Å². The van der Waals surface area contributed by atoms with E-state index in [1.165, 1.54) is 6.92 Å². The van der Waals surface area contributed by atoms with Crippen LogP contribution in [0.3, 0.4) is 0 Å². The molecule has 0 aromatic heterocycles. The fourth-order valence-electron chi connectivity index (χ4n) is 0.237. The van der Waals surface area contributed by atoms with Crippen molar-refractivity contribution >= 4 is 0 Å². The second-order valence-corrected chi connectivity index (χ2v) is 1.72. The Balaban J connectivity index is 3.86. The highest BCUT2D eigenvalue weighted by molar-refractivity contribution is 5.12. The van der Waals surface area contributed by atoms with E-state index < -0.39 is 6.18 Å². The van der Waals surface area contributed by atoms with E-state index in [0.29, 0.717) is 5.57 Å². The van der Waals surface area contributed by atoms with E-state index in [0.717, 1.165) is 6.08 Å². The van der Waals surface area contributed by atoms with Crippen LogP contribution in [0.5, 0.6) is 0 Å². The molecule has 0 spiro atoms. The lowest BCUT2D eigenvalue weighted by molar-refractivity contribution is -0.0798. The number of hydrogen-bond acceptors (Lipinski definition) is 0. The van der Waals surface area contributed by atoms with Gasteiger partial charge in [-0.3, -0.25) is 0 Å². The summed E-state index contributed by atoms with van der Waals surface area (Å²) >= 11 is 0. The topological polar surface area (TPSA) is 0 Å². The van der Waals surface area contributed by atoms with Gasteiger partial charge < -0.3 is 0 Å². The maximum absolute atomic E-state index is 11.3. The van der Waals surface area contributed by atoms with E-state index in [2.05, 4.69) is 6.58 Å². The molecule has 0 aromatic rings. The number of hydrogen-bond donors (Lipinski definition) is 0. The lowest BCUT2D eigenvalue weighted by atomic mass is 10.3. The van der Waals surface area contributed by atoms with Gasteiger partial charge in [0.05, 0.1) is 0 Å². The molecular weight excluding hydrogens is 129 g/mol. The minimum Gasteiger partial charge on any atom is -0.167 e. The van der Waals surface area contributed by atoms with E-state index in [-0.39, 0.29) is 6.08 Å². The molecule has 0 unspecified atom stereocenters. The molecule has 3 heteroatoms. The largest absolute Gasteiger partial charge is 0.409 e. The van der Waals surface area contributed by atoms with Crippen LogP contribution >= 0.6 is 0 Å². The lowest BCUT2D eigenvalue weighted by Crippen LogP contribution is -2.00. The Hall–Kier alpha value is -0.730. The van der Waals surface area contributed by atoms with Crippen LogP contribution in [0.4, 0.5) is 13.2 Å². The van der Waals surface area contributed by atoms with Gasteiger partial charge in [-0.25, -0.2) is 0 Å². The highest BCUT2D eigenvalue weighted by Gasteiger charge is 2.21. The second-order valence-electron chi connectivity index (χ2n) is 1.72. The minimum absolute atomic E-state index is 0.162. The molecule has 0 fully saturated rings. The Bertz CT molecular complexity index is 130. The zero-order valence-electron chi connectivity index (χ0n) is 5.00. The monoisotopic (exact) mass is 136 g/mol. The van der Waals surface area contributed by atoms with Gasteiger partial charge >= 0.3 is 6.18 Å². The van der Waals surface area contributed by atoms with Gasteiger partial charge in [0.1, 0.15) is 0 Å². The summed E-state index contributed by atoms with van der Waals surface area (Å²) < 4.78 is 33.9. The maximum Gasteiger partial charge on any atom is 0.409 e. The molecule has 0 heterocycles. The Morgan fingerprint density at radius 3 is 2.00 bits per heavy atom. The first-order valence-corrected chi connectivity index (χ1v) is 2.33. The van der Waals surface area contributed by atoms with Crippen molar-refractivity contribution in [2.75, 3.05) is 0 Å². The van der Waals surface area contributed by atoms with Gasteiger partial charge in [-0.2, -0.15) is 13.2 Å². The summed E-state index contributed by atoms with van der Waals surface area (Å²) in [4.78, 5) is 0. The first-order chi connectivity index (χ1) is 3.92. The van der Waals surface area contributed by atoms with Crippen LogP contribution in [0, 0.1) is 0 Å². The third-order valence-electron chi connectivity index (χ3n) is 0.557. The third-order valence-corrected chi connectivity index (χ3v) is 0.557. The minimum atomic E-state index is -4.21. The Morgan fingerprint density at radius 2 is 1.89 bits per heavy atom. The lowest BCUT2D eigenvalue weighted by Gasteiger charge is -1.95. The summed E-state index contributed by atoms with van der Waals surface area (Å²) in [5, 5.41) is 0. The molecule has 0 N–H and O–H groups in total. The Labute approximate surface area is 51.7 Å². The molecule has 52 valence electrons. The second kappa shape index (κ2) is 2.71. The quantitative estimate of drug-likeness (QED) is 0.486. The summed E-state index contributed by atoms with van der Waals surface area (Å²) in [5.74, 6) is 0. The normalized spacial score (nSPS) is 12.4. The summed E-state index contributed by atoms with van der Waals surface area (Å²) in [6.07, 6.45) is -3.12. The number of alkyl halides is 3. The zero-order chi connectivity index (χ0) is 7.49. The molecule has 0 nitrogen and oxygen atoms in total. The first-order valence-electron chi connectivity index (χ1n) is 2.33. The smallest absolute Gasteiger partial charge is 0.167 e. The number of halogens is 3. The predicted molar refractivity (Wildman–Crippen MR) is 30.0 cm³/mol. The summed E-state index contributed by atoms with van der Waals surface area (Å²) in [6.45, 7) is 4.77. The van der Waals surface area contributed by atoms with Gasteiger partial charge in [0.15, 0.2) is 0 Å². The van der Waals surface area contributed by atoms with Gasteiger partial charge in [-0.15, -0.1) is 0 Å². The van der Waals surface area contributed by atoms with Gasteiger partial charge in [0.2, 0.25) is 0 Å². The SMILES string of the molecule is C=C(C)/C=C/C(F)(F)F. The summed E-state index contributed by atoms with van der Waals surface area (Å²) in [6, 6.07) is 0. The molecule has 0 aliphatic heterocycles. The molecule has 9 heavy (non-hydrogen) atoms. The first kappa shape index (κ1) is 8.27. The van der Waals surface area contributed by atoms with Crippen LogP contribution in [0.1, 0.15) is 6.92 Å². The third kappa shape index (κ3) is 7.27. The maximum atomic E-state index is 11.3. The molecular formula is C6H7F3. The molecule has 0 aromatic carbocycles. The molecule has 0 aliphatic carbocycles. The van der Waals surface area contributed by atoms with Crippen molar-refractivity contribution in [2.24, 2.45) is 0 Å². The number of allylic oxidation sites excluding steroid dienone is 3. The van der Waals surface area contributed by atoms with Gasteiger partial charge in [-0.1, -0.05) is 18.2 Å². The average molecular weight is 136 g/mol. The average Bonchev–Trinajstić information content (AvgIpc) is 1.59. The molecule has 0 bridgehead atoms. The fraction of sp³-hybridized carbons (Fsp3) is 0.333. The van der Waals surface area contributed by atoms with E-state index in [4.69, 9.17) is 0 Å². The standard InChI is InChI=1S/C6H7F3/c1-5(2)3-4-6(7,8)9/h3-4H,1H2,2H3/b4-3+. The molecule has 0 aliphatic rings. The summed E-state index contributed by atoms with van der Waals surface area (Å²) in [7, 11) is 0. The van der Waals surface area contributed by atoms with Crippen molar-refractivity contribution in [2.45, 2.75) is 13.1 Å². The van der Waals surface area contributed by atoms with E-state index in [1.54, 1.807) is 0 Å². The van der Waals surface area contributed by atoms with E-state index >= 15 is 0 Å². The summed E-state index contributed by atoms with van der Waals surface area (Å²) in [5.41, 5.74) is 0.396. The number of rotatable bonds is 1. The molecule has 0 radical (unpaired) electrons. The van der Waals surface area contributed by atoms with Crippen molar-refractivity contribution in [1.82, 2.24) is 0 Å². The van der Waals surface area contributed by atoms with Crippen molar-refractivity contribution in [1.29, 1.82) is 0 Å². The van der Waals surface area contributed by atoms with Crippen molar-refractivity contribution < 1.29 is 13.2 Å². The van der Waals surface area contributed by atoms with Gasteiger partial charge in [0.25, 0.3) is 0 Å². The highest BCUT2D eigenvalue weighted by atomic mass is 19.4. The van der Waals surface area contributed by atoms with Crippen LogP contribution in [-0.4, -0.2) is 6.18 Å². The van der Waals surface area contributed by atoms with Gasteiger partial charge in [0, 0.05) is 6.08 Å². The van der Waals surface area contributed by atoms with Crippen LogP contribution < -0.4 is 0 Å². The Morgan fingerprint density at radius 1 is 1.44 bits per heavy atom. The molecule has 0 rings (SSSR count). The predicted octanol–water partition coefficient (Wildman–Crippen LogP) is 2.68. The van der Waals surface area contributed by atoms with Crippen LogP contribution in [0.2, 0.25) is 0 Å². The van der Waals surface area contributed by atoms with Crippen molar-refractivity contribution in [3.05, 3.63) is 24.3 Å². The van der Waals surface area contributed by atoms with Crippen LogP contribution in [-0.2, 0) is 0 Å². The molecule has 0 atom stereocenters. The van der Waals surface area contributed by atoms with Crippen molar-refractivity contribution in [3.8, 4) is 0 Å². The van der Waals surface area contributed by atoms with E-state index in [9.17, 15) is 13.2 Å². The molecule has 0 amide bonds. The van der Waals surface area contributed by atoms with E-state index in [1.807, 2.05) is 0 Å². The highest BCUT2D eigenvalue weighted by Crippen LogP contribution is 2.16. The van der Waals surface area contributed by atoms with Gasteiger partial charge in [-0.05, 0) is 6.92 Å². The fourth-order valence-corrected chi connectivity index (χ4v) is 0.237.